The lowest BCUT2D eigenvalue weighted by Gasteiger charge is -2.19. The Morgan fingerprint density at radius 1 is 0.931 bits per heavy atom. The third-order valence-corrected chi connectivity index (χ3v) is 4.67. The molecular weight excluding hydrogens is 362 g/mol. The molecule has 5 heteroatoms. The van der Waals surface area contributed by atoms with Crippen LogP contribution in [0.2, 0.25) is 0 Å². The van der Waals surface area contributed by atoms with Gasteiger partial charge < -0.3 is 9.47 Å². The smallest absolute Gasteiger partial charge is 0.124 e. The Morgan fingerprint density at radius 3 is 2.34 bits per heavy atom. The maximum Gasteiger partial charge on any atom is 0.124 e. The Bertz CT molecular complexity index is 898. The van der Waals surface area contributed by atoms with Gasteiger partial charge in [-0.05, 0) is 48.9 Å². The molecule has 0 saturated heterocycles. The van der Waals surface area contributed by atoms with Gasteiger partial charge in [-0.25, -0.2) is 4.68 Å². The number of fused-ring (bicyclic) bond motifs is 1. The molecule has 0 amide bonds. The van der Waals surface area contributed by atoms with Gasteiger partial charge in [-0.2, -0.15) is 0 Å². The van der Waals surface area contributed by atoms with E-state index in [-0.39, 0.29) is 5.41 Å². The molecule has 156 valence electrons. The van der Waals surface area contributed by atoms with Crippen molar-refractivity contribution in [1.29, 1.82) is 0 Å². The molecule has 1 heterocycles. The van der Waals surface area contributed by atoms with Crippen LogP contribution in [0.3, 0.4) is 0 Å². The zero-order chi connectivity index (χ0) is 20.7. The zero-order valence-corrected chi connectivity index (χ0v) is 18.1. The summed E-state index contributed by atoms with van der Waals surface area (Å²) in [6, 6.07) is 14.0. The van der Waals surface area contributed by atoms with E-state index in [1.807, 2.05) is 47.1 Å². The molecule has 0 radical (unpaired) electrons. The molecule has 0 unspecified atom stereocenters. The van der Waals surface area contributed by atoms with E-state index in [1.54, 1.807) is 0 Å². The summed E-state index contributed by atoms with van der Waals surface area (Å²) in [6.45, 7) is 11.1. The monoisotopic (exact) mass is 395 g/mol. The molecule has 29 heavy (non-hydrogen) atoms. The van der Waals surface area contributed by atoms with Crippen molar-refractivity contribution in [3.8, 4) is 11.5 Å². The summed E-state index contributed by atoms with van der Waals surface area (Å²) >= 11 is 0. The summed E-state index contributed by atoms with van der Waals surface area (Å²) in [6.07, 6.45) is 3.93. The normalized spacial score (nSPS) is 11.7. The second-order valence-electron chi connectivity index (χ2n) is 8.68. The van der Waals surface area contributed by atoms with Gasteiger partial charge in [-0.1, -0.05) is 57.5 Å². The van der Waals surface area contributed by atoms with E-state index in [2.05, 4.69) is 38.0 Å². The minimum atomic E-state index is 0.139. The topological polar surface area (TPSA) is 49.2 Å². The lowest BCUT2D eigenvalue weighted by atomic mass is 9.96. The molecule has 0 saturated carbocycles. The first-order valence-corrected chi connectivity index (χ1v) is 10.6. The van der Waals surface area contributed by atoms with Crippen molar-refractivity contribution in [1.82, 2.24) is 15.0 Å². The Kier molecular flexibility index (Phi) is 7.13. The quantitative estimate of drug-likeness (QED) is 0.415. The number of nitrogens with zero attached hydrogens (tertiary/aromatic N) is 3. The summed E-state index contributed by atoms with van der Waals surface area (Å²) in [5, 5.41) is 8.79. The maximum atomic E-state index is 6.18. The molecule has 5 nitrogen and oxygen atoms in total. The predicted octanol–water partition coefficient (Wildman–Crippen LogP) is 5.67. The lowest BCUT2D eigenvalue weighted by molar-refractivity contribution is 0.265. The number of ether oxygens (including phenoxy) is 2. The van der Waals surface area contributed by atoms with Crippen LogP contribution in [0.1, 0.15) is 52.5 Å². The van der Waals surface area contributed by atoms with Gasteiger partial charge in [0.25, 0.3) is 0 Å². The van der Waals surface area contributed by atoms with Gasteiger partial charge in [0.15, 0.2) is 0 Å². The molecule has 0 atom stereocenters. The Hall–Kier alpha value is -2.56. The van der Waals surface area contributed by atoms with Crippen LogP contribution in [0.5, 0.6) is 11.5 Å². The molecular formula is C24H33N3O2. The van der Waals surface area contributed by atoms with Gasteiger partial charge in [0.05, 0.1) is 18.7 Å². The Labute approximate surface area is 174 Å². The molecule has 0 aliphatic rings. The third-order valence-electron chi connectivity index (χ3n) is 4.67. The Morgan fingerprint density at radius 2 is 1.66 bits per heavy atom. The number of aryl methyl sites for hydroxylation is 1. The molecule has 0 fully saturated rings. The minimum Gasteiger partial charge on any atom is -0.494 e. The van der Waals surface area contributed by atoms with Crippen molar-refractivity contribution >= 4 is 11.0 Å². The highest BCUT2D eigenvalue weighted by Crippen LogP contribution is 2.30. The van der Waals surface area contributed by atoms with Gasteiger partial charge in [-0.3, -0.25) is 0 Å². The maximum absolute atomic E-state index is 6.18. The van der Waals surface area contributed by atoms with Crippen molar-refractivity contribution in [2.45, 2.75) is 59.9 Å². The van der Waals surface area contributed by atoms with Crippen LogP contribution < -0.4 is 9.47 Å². The van der Waals surface area contributed by atoms with Gasteiger partial charge in [0, 0.05) is 12.1 Å². The first kappa shape index (κ1) is 21.2. The molecule has 3 aromatic rings. The van der Waals surface area contributed by atoms with E-state index in [9.17, 15) is 0 Å². The van der Waals surface area contributed by atoms with Gasteiger partial charge in [0.1, 0.15) is 17.0 Å². The molecule has 0 aliphatic heterocycles. The summed E-state index contributed by atoms with van der Waals surface area (Å²) < 4.78 is 14.0. The van der Waals surface area contributed by atoms with Gasteiger partial charge in [-0.15, -0.1) is 5.10 Å². The zero-order valence-electron chi connectivity index (χ0n) is 18.1. The number of unbranched alkanes of at least 4 members (excludes halogenated alkanes) is 1. The lowest BCUT2D eigenvalue weighted by Crippen LogP contribution is -2.17. The SMILES string of the molecule is CCCc1c(OCCCCOc2ccccc2)ccc2nnn(CC(C)(C)C)c12. The van der Waals surface area contributed by atoms with Crippen LogP contribution >= 0.6 is 0 Å². The number of hydrogen-bond acceptors (Lipinski definition) is 4. The van der Waals surface area contributed by atoms with Crippen molar-refractivity contribution in [2.75, 3.05) is 13.2 Å². The van der Waals surface area contributed by atoms with Crippen LogP contribution in [0.25, 0.3) is 11.0 Å². The number of benzene rings is 2. The first-order valence-electron chi connectivity index (χ1n) is 10.6. The average Bonchev–Trinajstić information content (AvgIpc) is 3.08. The molecule has 0 N–H and O–H groups in total. The van der Waals surface area contributed by atoms with E-state index in [0.29, 0.717) is 13.2 Å². The molecule has 2 aromatic carbocycles. The highest BCUT2D eigenvalue weighted by atomic mass is 16.5. The fourth-order valence-electron chi connectivity index (χ4n) is 3.40. The summed E-state index contributed by atoms with van der Waals surface area (Å²) in [5.74, 6) is 1.88. The van der Waals surface area contributed by atoms with Crippen molar-refractivity contribution < 1.29 is 9.47 Å². The molecule has 1 aromatic heterocycles. The predicted molar refractivity (Wildman–Crippen MR) is 118 cm³/mol. The van der Waals surface area contributed by atoms with E-state index in [4.69, 9.17) is 9.47 Å². The molecule has 0 spiro atoms. The van der Waals surface area contributed by atoms with E-state index in [1.165, 1.54) is 5.56 Å². The largest absolute Gasteiger partial charge is 0.494 e. The molecule has 0 aliphatic carbocycles. The summed E-state index contributed by atoms with van der Waals surface area (Å²) in [4.78, 5) is 0. The van der Waals surface area contributed by atoms with Crippen LogP contribution in [0, 0.1) is 5.41 Å². The molecule has 3 rings (SSSR count). The molecule has 0 bridgehead atoms. The van der Waals surface area contributed by atoms with Crippen molar-refractivity contribution in [3.63, 3.8) is 0 Å². The average molecular weight is 396 g/mol. The Balaban J connectivity index is 1.62. The minimum absolute atomic E-state index is 0.139. The fraction of sp³-hybridized carbons (Fsp3) is 0.500. The number of rotatable bonds is 10. The summed E-state index contributed by atoms with van der Waals surface area (Å²) in [5.41, 5.74) is 3.42. The second kappa shape index (κ2) is 9.77. The number of para-hydroxylation sites is 1. The van der Waals surface area contributed by atoms with Crippen LogP contribution in [-0.4, -0.2) is 28.2 Å². The highest BCUT2D eigenvalue weighted by Gasteiger charge is 2.19. The highest BCUT2D eigenvalue weighted by molar-refractivity contribution is 5.81. The van der Waals surface area contributed by atoms with E-state index >= 15 is 0 Å². The van der Waals surface area contributed by atoms with E-state index in [0.717, 1.165) is 54.8 Å². The standard InChI is InChI=1S/C24H33N3O2/c1-5-11-20-22(29-17-10-9-16-28-19-12-7-6-8-13-19)15-14-21-23(20)27(26-25-21)18-24(2,3)4/h6-8,12-15H,5,9-11,16-18H2,1-4H3. The third kappa shape index (κ3) is 5.96. The van der Waals surface area contributed by atoms with Crippen LogP contribution in [0.15, 0.2) is 42.5 Å². The van der Waals surface area contributed by atoms with Crippen LogP contribution in [0.4, 0.5) is 0 Å². The number of aromatic nitrogens is 3. The van der Waals surface area contributed by atoms with Gasteiger partial charge >= 0.3 is 0 Å². The van der Waals surface area contributed by atoms with Crippen molar-refractivity contribution in [2.24, 2.45) is 5.41 Å². The summed E-state index contributed by atoms with van der Waals surface area (Å²) in [7, 11) is 0. The first-order chi connectivity index (χ1) is 14.0. The fourth-order valence-corrected chi connectivity index (χ4v) is 3.40. The van der Waals surface area contributed by atoms with Gasteiger partial charge in [0.2, 0.25) is 0 Å². The second-order valence-corrected chi connectivity index (χ2v) is 8.68. The van der Waals surface area contributed by atoms with Crippen LogP contribution in [-0.2, 0) is 13.0 Å². The number of hydrogen-bond donors (Lipinski definition) is 0. The van der Waals surface area contributed by atoms with E-state index < -0.39 is 0 Å². The van der Waals surface area contributed by atoms with Crippen molar-refractivity contribution in [3.05, 3.63) is 48.0 Å².